The highest BCUT2D eigenvalue weighted by Crippen LogP contribution is 2.11. The number of amides is 1. The minimum absolute atomic E-state index is 0.187. The Labute approximate surface area is 200 Å². The second-order valence-electron chi connectivity index (χ2n) is 9.00. The fourth-order valence-corrected chi connectivity index (χ4v) is 3.71. The number of rotatable bonds is 22. The summed E-state index contributed by atoms with van der Waals surface area (Å²) >= 11 is 0. The van der Waals surface area contributed by atoms with Crippen LogP contribution in [0.2, 0.25) is 0 Å². The summed E-state index contributed by atoms with van der Waals surface area (Å²) in [6, 6.07) is 0. The molecule has 3 N–H and O–H groups in total. The minimum atomic E-state index is 0.187. The van der Waals surface area contributed by atoms with Crippen molar-refractivity contribution < 1.29 is 4.79 Å². The van der Waals surface area contributed by atoms with Gasteiger partial charge in [-0.2, -0.15) is 0 Å². The average molecular weight is 445 g/mol. The number of unbranched alkanes of at least 4 members (excludes halogenated alkanes) is 17. The van der Waals surface area contributed by atoms with E-state index in [0.29, 0.717) is 13.0 Å². The van der Waals surface area contributed by atoms with Gasteiger partial charge in [-0.25, -0.2) is 0 Å². The average Bonchev–Trinajstić information content (AvgIpc) is 2.80. The van der Waals surface area contributed by atoms with Gasteiger partial charge < -0.3 is 11.1 Å². The summed E-state index contributed by atoms with van der Waals surface area (Å²) in [5, 5.41) is 2.96. The molecule has 0 aromatic carbocycles. The molecule has 0 spiro atoms. The van der Waals surface area contributed by atoms with E-state index >= 15 is 0 Å². The largest absolute Gasteiger partial charge is 0.356 e. The van der Waals surface area contributed by atoms with Crippen LogP contribution in [0.5, 0.6) is 0 Å². The first-order valence-corrected chi connectivity index (χ1v) is 13.7. The minimum Gasteiger partial charge on any atom is -0.356 e. The Kier molecular flexibility index (Phi) is 26.3. The van der Waals surface area contributed by atoms with E-state index in [1.807, 2.05) is 0 Å². The van der Waals surface area contributed by atoms with Crippen molar-refractivity contribution >= 4 is 5.91 Å². The molecule has 0 fully saturated rings. The smallest absolute Gasteiger partial charge is 0.219 e. The normalized spacial score (nSPS) is 10.2. The van der Waals surface area contributed by atoms with E-state index < -0.39 is 0 Å². The quantitative estimate of drug-likeness (QED) is 0.136. The Morgan fingerprint density at radius 1 is 0.625 bits per heavy atom. The van der Waals surface area contributed by atoms with Crippen LogP contribution in [0.4, 0.5) is 0 Å². The van der Waals surface area contributed by atoms with Gasteiger partial charge in [-0.3, -0.25) is 4.79 Å². The van der Waals surface area contributed by atoms with Crippen LogP contribution in [0.3, 0.4) is 0 Å². The van der Waals surface area contributed by atoms with Gasteiger partial charge in [-0.05, 0) is 50.5 Å². The monoisotopic (exact) mass is 444 g/mol. The lowest BCUT2D eigenvalue weighted by atomic mass is 10.1. The summed E-state index contributed by atoms with van der Waals surface area (Å²) in [5.74, 6) is 12.6. The van der Waals surface area contributed by atoms with Crippen molar-refractivity contribution in [3.63, 3.8) is 0 Å². The lowest BCUT2D eigenvalue weighted by molar-refractivity contribution is -0.121. The number of carbonyl (C=O) groups excluding carboxylic acids is 1. The topological polar surface area (TPSA) is 55.1 Å². The number of nitrogens with one attached hydrogen (secondary N) is 1. The summed E-state index contributed by atoms with van der Waals surface area (Å²) in [6.07, 6.45) is 25.3. The molecule has 3 heteroatoms. The van der Waals surface area contributed by atoms with Crippen LogP contribution in [0, 0.1) is 23.7 Å². The second kappa shape index (κ2) is 27.6. The third-order valence-corrected chi connectivity index (χ3v) is 5.80. The fraction of sp³-hybridized carbons (Fsp3) is 0.828. The van der Waals surface area contributed by atoms with Gasteiger partial charge >= 0.3 is 0 Å². The maximum atomic E-state index is 11.6. The van der Waals surface area contributed by atoms with Gasteiger partial charge in [0.25, 0.3) is 0 Å². The Hall–Kier alpha value is -1.45. The van der Waals surface area contributed by atoms with Crippen LogP contribution < -0.4 is 11.1 Å². The van der Waals surface area contributed by atoms with Crippen LogP contribution in [-0.2, 0) is 4.79 Å². The molecule has 0 heterocycles. The van der Waals surface area contributed by atoms with Crippen LogP contribution in [0.1, 0.15) is 142 Å². The highest BCUT2D eigenvalue weighted by molar-refractivity contribution is 5.75. The molecule has 1 amide bonds. The van der Waals surface area contributed by atoms with Gasteiger partial charge in [0.1, 0.15) is 0 Å². The Morgan fingerprint density at radius 3 is 1.59 bits per heavy atom. The summed E-state index contributed by atoms with van der Waals surface area (Å²) < 4.78 is 0. The van der Waals surface area contributed by atoms with E-state index in [-0.39, 0.29) is 5.91 Å². The third kappa shape index (κ3) is 26.6. The zero-order valence-corrected chi connectivity index (χ0v) is 21.2. The van der Waals surface area contributed by atoms with Crippen molar-refractivity contribution in [1.82, 2.24) is 5.32 Å². The van der Waals surface area contributed by atoms with E-state index in [0.717, 1.165) is 51.5 Å². The van der Waals surface area contributed by atoms with E-state index in [1.165, 1.54) is 83.5 Å². The predicted molar refractivity (Wildman–Crippen MR) is 140 cm³/mol. The van der Waals surface area contributed by atoms with Crippen molar-refractivity contribution in [1.29, 1.82) is 0 Å². The number of nitrogens with two attached hydrogens (primary N) is 1. The zero-order chi connectivity index (χ0) is 23.4. The molecule has 32 heavy (non-hydrogen) atoms. The lowest BCUT2D eigenvalue weighted by Gasteiger charge is -2.04. The molecule has 0 aliphatic carbocycles. The van der Waals surface area contributed by atoms with Crippen LogP contribution in [0.15, 0.2) is 0 Å². The molecule has 0 unspecified atom stereocenters. The Bertz CT molecular complexity index is 521. The van der Waals surface area contributed by atoms with Crippen molar-refractivity contribution in [3.8, 4) is 23.7 Å². The van der Waals surface area contributed by atoms with Gasteiger partial charge in [0.15, 0.2) is 0 Å². The van der Waals surface area contributed by atoms with Gasteiger partial charge in [0.2, 0.25) is 5.91 Å². The first kappa shape index (κ1) is 30.6. The third-order valence-electron chi connectivity index (χ3n) is 5.80. The molecular formula is C29H52N2O. The molecule has 0 bridgehead atoms. The highest BCUT2D eigenvalue weighted by Gasteiger charge is 2.00. The molecule has 0 rings (SSSR count). The summed E-state index contributed by atoms with van der Waals surface area (Å²) in [5.41, 5.74) is 5.44. The second-order valence-corrected chi connectivity index (χ2v) is 9.00. The van der Waals surface area contributed by atoms with E-state index in [2.05, 4.69) is 35.9 Å². The summed E-state index contributed by atoms with van der Waals surface area (Å²) in [7, 11) is 0. The predicted octanol–water partition coefficient (Wildman–Crippen LogP) is 7.28. The number of hydrogen-bond donors (Lipinski definition) is 2. The molecule has 3 nitrogen and oxygen atoms in total. The van der Waals surface area contributed by atoms with Gasteiger partial charge in [0, 0.05) is 25.8 Å². The van der Waals surface area contributed by atoms with Crippen LogP contribution in [-0.4, -0.2) is 19.0 Å². The van der Waals surface area contributed by atoms with Crippen LogP contribution in [0.25, 0.3) is 0 Å². The molecule has 184 valence electrons. The molecule has 0 aliphatic heterocycles. The van der Waals surface area contributed by atoms with Crippen molar-refractivity contribution in [2.24, 2.45) is 5.73 Å². The Balaban J connectivity index is 3.29. The lowest BCUT2D eigenvalue weighted by Crippen LogP contribution is -2.24. The molecular weight excluding hydrogens is 392 g/mol. The van der Waals surface area contributed by atoms with Gasteiger partial charge in [-0.15, -0.1) is 0 Å². The number of hydrogen-bond acceptors (Lipinski definition) is 2. The maximum absolute atomic E-state index is 11.6. The summed E-state index contributed by atoms with van der Waals surface area (Å²) in [4.78, 5) is 11.6. The van der Waals surface area contributed by atoms with E-state index in [4.69, 9.17) is 5.73 Å². The van der Waals surface area contributed by atoms with Crippen molar-refractivity contribution in [2.75, 3.05) is 13.1 Å². The molecule has 0 saturated heterocycles. The molecule has 0 saturated carbocycles. The van der Waals surface area contributed by atoms with Crippen molar-refractivity contribution in [2.45, 2.75) is 142 Å². The van der Waals surface area contributed by atoms with Gasteiger partial charge in [0.05, 0.1) is 0 Å². The molecule has 0 aromatic rings. The number of carbonyl (C=O) groups is 1. The van der Waals surface area contributed by atoms with Crippen LogP contribution >= 0.6 is 0 Å². The van der Waals surface area contributed by atoms with E-state index in [9.17, 15) is 4.79 Å². The molecule has 0 aromatic heterocycles. The SMILES string of the molecule is CCCCCCCCCCCCC#CC#CCCCCCCCCC(=O)NCCCCN. The van der Waals surface area contributed by atoms with Gasteiger partial charge in [-0.1, -0.05) is 102 Å². The molecule has 0 radical (unpaired) electrons. The summed E-state index contributed by atoms with van der Waals surface area (Å²) in [6.45, 7) is 3.74. The zero-order valence-electron chi connectivity index (χ0n) is 21.2. The standard InChI is InChI=1S/C29H52N2O/c1-2-3-4-5-6-7-8-9-10-11-12-13-14-15-16-17-18-19-20-21-22-23-26-29(32)31-28-25-24-27-30/h2-12,17-28,30H2,1H3,(H,31,32). The highest BCUT2D eigenvalue weighted by atomic mass is 16.1. The van der Waals surface area contributed by atoms with E-state index in [1.54, 1.807) is 0 Å². The van der Waals surface area contributed by atoms with Crippen molar-refractivity contribution in [3.05, 3.63) is 0 Å². The first-order chi connectivity index (χ1) is 15.8. The Morgan fingerprint density at radius 2 is 1.09 bits per heavy atom. The fourth-order valence-electron chi connectivity index (χ4n) is 3.71. The first-order valence-electron chi connectivity index (χ1n) is 13.7. The molecule has 0 aliphatic rings. The maximum Gasteiger partial charge on any atom is 0.219 e. The molecule has 0 atom stereocenters.